The predicted octanol–water partition coefficient (Wildman–Crippen LogP) is 2.47. The van der Waals surface area contributed by atoms with Gasteiger partial charge in [0.05, 0.1) is 12.6 Å². The third kappa shape index (κ3) is 2.27. The summed E-state index contributed by atoms with van der Waals surface area (Å²) in [7, 11) is 0. The molecule has 0 amide bonds. The SMILES string of the molecule is CC[C@@]12CCCN1c1nc(CC(=O)c3nccs3)ncc1-n1c(C)nnc12. The van der Waals surface area contributed by atoms with E-state index in [0.29, 0.717) is 10.8 Å². The number of carbonyl (C=O) groups excluding carboxylic acids is 1. The van der Waals surface area contributed by atoms with E-state index in [1.807, 2.05) is 6.92 Å². The standard InChI is InChI=1S/C18H19N7OS/c1-3-18-5-4-7-24(18)15-12(25-11(2)22-23-17(18)25)10-20-14(21-15)9-13(26)16-19-6-8-27-16/h6,8,10H,3-5,7,9H2,1-2H3/t18-/m0/s1. The van der Waals surface area contributed by atoms with Gasteiger partial charge in [-0.3, -0.25) is 9.36 Å². The molecule has 1 fully saturated rings. The van der Waals surface area contributed by atoms with Crippen LogP contribution in [-0.4, -0.2) is 42.0 Å². The van der Waals surface area contributed by atoms with Crippen LogP contribution in [-0.2, 0) is 12.0 Å². The Balaban J connectivity index is 1.61. The molecule has 0 aromatic carbocycles. The van der Waals surface area contributed by atoms with E-state index in [0.717, 1.165) is 49.0 Å². The maximum atomic E-state index is 12.4. The van der Waals surface area contributed by atoms with Crippen molar-refractivity contribution in [1.82, 2.24) is 29.7 Å². The minimum absolute atomic E-state index is 0.0508. The molecule has 1 atom stereocenters. The molecule has 5 heterocycles. The first kappa shape index (κ1) is 16.5. The zero-order valence-electron chi connectivity index (χ0n) is 15.2. The molecular weight excluding hydrogens is 362 g/mol. The van der Waals surface area contributed by atoms with Gasteiger partial charge < -0.3 is 4.90 Å². The van der Waals surface area contributed by atoms with Crippen molar-refractivity contribution in [2.24, 2.45) is 0 Å². The second-order valence-corrected chi connectivity index (χ2v) is 7.87. The molecule has 0 bridgehead atoms. The van der Waals surface area contributed by atoms with Gasteiger partial charge >= 0.3 is 0 Å². The maximum Gasteiger partial charge on any atom is 0.198 e. The highest BCUT2D eigenvalue weighted by atomic mass is 32.1. The van der Waals surface area contributed by atoms with Gasteiger partial charge in [0.1, 0.15) is 22.9 Å². The first-order chi connectivity index (χ1) is 13.1. The first-order valence-corrected chi connectivity index (χ1v) is 10.0. The average Bonchev–Trinajstić information content (AvgIpc) is 3.41. The number of nitrogens with zero attached hydrogens (tertiary/aromatic N) is 7. The molecular formula is C18H19N7OS. The summed E-state index contributed by atoms with van der Waals surface area (Å²) in [4.78, 5) is 28.1. The van der Waals surface area contributed by atoms with Crippen LogP contribution in [0.5, 0.6) is 0 Å². The molecule has 0 radical (unpaired) electrons. The average molecular weight is 381 g/mol. The van der Waals surface area contributed by atoms with Crippen LogP contribution in [0.1, 0.15) is 53.5 Å². The van der Waals surface area contributed by atoms with E-state index in [-0.39, 0.29) is 17.7 Å². The van der Waals surface area contributed by atoms with E-state index in [4.69, 9.17) is 4.98 Å². The van der Waals surface area contributed by atoms with Gasteiger partial charge in [-0.2, -0.15) is 0 Å². The molecule has 27 heavy (non-hydrogen) atoms. The Morgan fingerprint density at radius 3 is 3.00 bits per heavy atom. The number of aryl methyl sites for hydroxylation is 1. The second kappa shape index (κ2) is 5.91. The number of carbonyl (C=O) groups is 1. The lowest BCUT2D eigenvalue weighted by Crippen LogP contribution is -2.47. The second-order valence-electron chi connectivity index (χ2n) is 6.98. The van der Waals surface area contributed by atoms with Crippen LogP contribution in [0.3, 0.4) is 0 Å². The van der Waals surface area contributed by atoms with Crippen molar-refractivity contribution < 1.29 is 4.79 Å². The fraction of sp³-hybridized carbons (Fsp3) is 0.444. The number of thiazole rings is 1. The van der Waals surface area contributed by atoms with Gasteiger partial charge in [0, 0.05) is 18.1 Å². The number of anilines is 1. The van der Waals surface area contributed by atoms with Gasteiger partial charge in [0.25, 0.3) is 0 Å². The van der Waals surface area contributed by atoms with E-state index in [1.165, 1.54) is 11.3 Å². The fourth-order valence-electron chi connectivity index (χ4n) is 4.32. The maximum absolute atomic E-state index is 12.4. The number of rotatable bonds is 4. The molecule has 0 unspecified atom stereocenters. The minimum atomic E-state index is -0.181. The molecule has 3 aromatic heterocycles. The third-order valence-corrected chi connectivity index (χ3v) is 6.41. The summed E-state index contributed by atoms with van der Waals surface area (Å²) >= 11 is 1.34. The van der Waals surface area contributed by atoms with Crippen LogP contribution in [0, 0.1) is 6.92 Å². The molecule has 3 aromatic rings. The van der Waals surface area contributed by atoms with Crippen molar-refractivity contribution in [3.8, 4) is 5.69 Å². The van der Waals surface area contributed by atoms with E-state index < -0.39 is 0 Å². The number of fused-ring (bicyclic) bond motifs is 6. The van der Waals surface area contributed by atoms with Crippen molar-refractivity contribution in [1.29, 1.82) is 0 Å². The summed E-state index contributed by atoms with van der Waals surface area (Å²) in [5, 5.41) is 11.1. The minimum Gasteiger partial charge on any atom is -0.342 e. The van der Waals surface area contributed by atoms with E-state index in [9.17, 15) is 4.79 Å². The fourth-order valence-corrected chi connectivity index (χ4v) is 4.90. The van der Waals surface area contributed by atoms with Crippen LogP contribution in [0.2, 0.25) is 0 Å². The number of hydrogen-bond acceptors (Lipinski definition) is 8. The lowest BCUT2D eigenvalue weighted by Gasteiger charge is -2.42. The monoisotopic (exact) mass is 381 g/mol. The Labute approximate surface area is 160 Å². The number of aromatic nitrogens is 6. The predicted molar refractivity (Wildman–Crippen MR) is 100 cm³/mol. The third-order valence-electron chi connectivity index (χ3n) is 5.60. The van der Waals surface area contributed by atoms with Gasteiger partial charge in [-0.15, -0.1) is 21.5 Å². The molecule has 8 nitrogen and oxygen atoms in total. The van der Waals surface area contributed by atoms with Crippen LogP contribution in [0.25, 0.3) is 5.69 Å². The summed E-state index contributed by atoms with van der Waals surface area (Å²) in [6, 6.07) is 0. The molecule has 138 valence electrons. The van der Waals surface area contributed by atoms with Gasteiger partial charge in [0.2, 0.25) is 0 Å². The van der Waals surface area contributed by atoms with Gasteiger partial charge in [-0.25, -0.2) is 15.0 Å². The highest BCUT2D eigenvalue weighted by Gasteiger charge is 2.50. The Morgan fingerprint density at radius 1 is 1.33 bits per heavy atom. The van der Waals surface area contributed by atoms with Gasteiger partial charge in [-0.1, -0.05) is 6.92 Å². The summed E-state index contributed by atoms with van der Waals surface area (Å²) in [5.41, 5.74) is 0.711. The molecule has 2 aliphatic heterocycles. The lowest BCUT2D eigenvalue weighted by atomic mass is 9.90. The summed E-state index contributed by atoms with van der Waals surface area (Å²) in [6.07, 6.45) is 6.63. The molecule has 0 aliphatic carbocycles. The van der Waals surface area contributed by atoms with Crippen LogP contribution < -0.4 is 4.90 Å². The Morgan fingerprint density at radius 2 is 2.22 bits per heavy atom. The van der Waals surface area contributed by atoms with Crippen LogP contribution in [0.15, 0.2) is 17.8 Å². The number of Topliss-reactive ketones (excluding diaryl/α,β-unsaturated/α-hetero) is 1. The van der Waals surface area contributed by atoms with Crippen molar-refractivity contribution in [3.63, 3.8) is 0 Å². The molecule has 0 spiro atoms. The largest absolute Gasteiger partial charge is 0.342 e. The zero-order valence-corrected chi connectivity index (χ0v) is 16.0. The molecule has 0 saturated carbocycles. The van der Waals surface area contributed by atoms with Gasteiger partial charge in [-0.05, 0) is 26.2 Å². The molecule has 2 aliphatic rings. The molecule has 1 saturated heterocycles. The molecule has 5 rings (SSSR count). The Hall–Kier alpha value is -2.68. The van der Waals surface area contributed by atoms with Crippen LogP contribution in [0.4, 0.5) is 5.82 Å². The Bertz CT molecular complexity index is 1030. The van der Waals surface area contributed by atoms with E-state index in [1.54, 1.807) is 17.8 Å². The first-order valence-electron chi connectivity index (χ1n) is 9.13. The zero-order chi connectivity index (χ0) is 18.6. The van der Waals surface area contributed by atoms with Crippen molar-refractivity contribution in [3.05, 3.63) is 40.3 Å². The Kier molecular flexibility index (Phi) is 3.61. The number of ketones is 1. The lowest BCUT2D eigenvalue weighted by molar-refractivity contribution is 0.0990. The van der Waals surface area contributed by atoms with Crippen LogP contribution >= 0.6 is 11.3 Å². The quantitative estimate of drug-likeness (QED) is 0.641. The summed E-state index contributed by atoms with van der Waals surface area (Å²) in [5.74, 6) is 3.16. The highest BCUT2D eigenvalue weighted by molar-refractivity contribution is 7.11. The summed E-state index contributed by atoms with van der Waals surface area (Å²) in [6.45, 7) is 5.06. The van der Waals surface area contributed by atoms with E-state index in [2.05, 4.69) is 36.6 Å². The highest BCUT2D eigenvalue weighted by Crippen LogP contribution is 2.48. The molecule has 0 N–H and O–H groups in total. The molecule has 9 heteroatoms. The smallest absolute Gasteiger partial charge is 0.198 e. The normalized spacial score (nSPS) is 20.3. The van der Waals surface area contributed by atoms with Gasteiger partial charge in [0.15, 0.2) is 22.4 Å². The van der Waals surface area contributed by atoms with Crippen molar-refractivity contribution >= 4 is 22.9 Å². The van der Waals surface area contributed by atoms with Crippen molar-refractivity contribution in [2.45, 2.75) is 45.1 Å². The summed E-state index contributed by atoms with van der Waals surface area (Å²) < 4.78 is 2.08. The topological polar surface area (TPSA) is 89.7 Å². The van der Waals surface area contributed by atoms with E-state index >= 15 is 0 Å². The van der Waals surface area contributed by atoms with Crippen molar-refractivity contribution in [2.75, 3.05) is 11.4 Å². The number of hydrogen-bond donors (Lipinski definition) is 0.